The van der Waals surface area contributed by atoms with Crippen LogP contribution in [0, 0.1) is 0 Å². The minimum Gasteiger partial charge on any atom is -0.465 e. The van der Waals surface area contributed by atoms with Gasteiger partial charge in [0.05, 0.1) is 12.3 Å². The number of carbonyl (C=O) groups excluding carboxylic acids is 4. The van der Waals surface area contributed by atoms with Crippen molar-refractivity contribution >= 4 is 46.2 Å². The number of fused-ring (bicyclic) bond motifs is 1. The first kappa shape index (κ1) is 24.0. The van der Waals surface area contributed by atoms with E-state index in [1.165, 1.54) is 0 Å². The van der Waals surface area contributed by atoms with E-state index in [0.29, 0.717) is 21.5 Å². The van der Waals surface area contributed by atoms with E-state index in [4.69, 9.17) is 21.2 Å². The first-order valence-corrected chi connectivity index (χ1v) is 10.6. The lowest BCUT2D eigenvalue weighted by atomic mass is 9.75. The summed E-state index contributed by atoms with van der Waals surface area (Å²) in [6.07, 6.45) is -0.142. The van der Waals surface area contributed by atoms with E-state index in [1.54, 1.807) is 62.4 Å². The molecule has 3 rings (SSSR count). The monoisotopic (exact) mass is 471 g/mol. The Kier molecular flexibility index (Phi) is 7.18. The fourth-order valence-corrected chi connectivity index (χ4v) is 3.86. The highest BCUT2D eigenvalue weighted by atomic mass is 35.5. The molecule has 0 bridgehead atoms. The van der Waals surface area contributed by atoms with Gasteiger partial charge in [-0.05, 0) is 25.5 Å². The number of aromatic amines is 1. The Morgan fingerprint density at radius 1 is 0.970 bits per heavy atom. The predicted molar refractivity (Wildman–Crippen MR) is 120 cm³/mol. The number of aromatic nitrogens is 1. The SMILES string of the molecule is CCOC(=O)C(CC)(C(=O)OOC(C)=O)c1c(C(=O)c2ccccc2)[nH]c2cc(Cl)ccc12. The van der Waals surface area contributed by atoms with Crippen molar-refractivity contribution in [2.75, 3.05) is 6.61 Å². The van der Waals surface area contributed by atoms with E-state index in [1.807, 2.05) is 0 Å². The number of hydrogen-bond acceptors (Lipinski definition) is 7. The van der Waals surface area contributed by atoms with Crippen LogP contribution in [0.15, 0.2) is 48.5 Å². The van der Waals surface area contributed by atoms with E-state index in [-0.39, 0.29) is 24.3 Å². The number of benzene rings is 2. The molecule has 0 aliphatic heterocycles. The zero-order valence-corrected chi connectivity index (χ0v) is 19.0. The van der Waals surface area contributed by atoms with Crippen LogP contribution in [0.4, 0.5) is 0 Å². The van der Waals surface area contributed by atoms with Crippen molar-refractivity contribution in [3.63, 3.8) is 0 Å². The highest BCUT2D eigenvalue weighted by molar-refractivity contribution is 6.31. The van der Waals surface area contributed by atoms with E-state index in [9.17, 15) is 19.2 Å². The molecule has 0 aliphatic carbocycles. The molecule has 0 fully saturated rings. The molecule has 8 nitrogen and oxygen atoms in total. The second kappa shape index (κ2) is 9.87. The molecule has 3 aromatic rings. The first-order valence-electron chi connectivity index (χ1n) is 10.2. The minimum atomic E-state index is -2.10. The van der Waals surface area contributed by atoms with Gasteiger partial charge in [-0.25, -0.2) is 19.4 Å². The molecule has 0 amide bonds. The topological polar surface area (TPSA) is 112 Å². The summed E-state index contributed by atoms with van der Waals surface area (Å²) in [5, 5.41) is 0.781. The summed E-state index contributed by atoms with van der Waals surface area (Å²) in [5.41, 5.74) is -1.29. The normalized spacial score (nSPS) is 12.6. The van der Waals surface area contributed by atoms with Gasteiger partial charge in [0.15, 0.2) is 5.41 Å². The highest BCUT2D eigenvalue weighted by Crippen LogP contribution is 2.40. The van der Waals surface area contributed by atoms with Crippen molar-refractivity contribution in [2.24, 2.45) is 0 Å². The Hall–Kier alpha value is -3.65. The van der Waals surface area contributed by atoms with E-state index < -0.39 is 29.1 Å². The predicted octanol–water partition coefficient (Wildman–Crippen LogP) is 4.28. The molecule has 172 valence electrons. The van der Waals surface area contributed by atoms with Gasteiger partial charge >= 0.3 is 17.9 Å². The molecule has 1 unspecified atom stereocenters. The van der Waals surface area contributed by atoms with Crippen LogP contribution in [0.2, 0.25) is 5.02 Å². The lowest BCUT2D eigenvalue weighted by Gasteiger charge is -2.28. The maximum Gasteiger partial charge on any atom is 0.377 e. The van der Waals surface area contributed by atoms with Gasteiger partial charge in [-0.2, -0.15) is 0 Å². The summed E-state index contributed by atoms with van der Waals surface area (Å²) in [6.45, 7) is 4.17. The Labute approximate surface area is 194 Å². The van der Waals surface area contributed by atoms with Gasteiger partial charge in [0.2, 0.25) is 5.78 Å². The summed E-state index contributed by atoms with van der Waals surface area (Å²) in [6, 6.07) is 13.1. The summed E-state index contributed by atoms with van der Waals surface area (Å²) in [4.78, 5) is 63.5. The molecule has 1 atom stereocenters. The van der Waals surface area contributed by atoms with Crippen molar-refractivity contribution in [3.05, 3.63) is 70.4 Å². The molecule has 0 radical (unpaired) electrons. The number of H-pyrrole nitrogens is 1. The summed E-state index contributed by atoms with van der Waals surface area (Å²) in [7, 11) is 0. The number of carbonyl (C=O) groups is 4. The number of hydrogen-bond donors (Lipinski definition) is 1. The van der Waals surface area contributed by atoms with Crippen molar-refractivity contribution in [2.45, 2.75) is 32.6 Å². The molecular formula is C24H22ClNO7. The zero-order valence-electron chi connectivity index (χ0n) is 18.3. The van der Waals surface area contributed by atoms with Crippen LogP contribution in [-0.4, -0.2) is 35.3 Å². The maximum atomic E-state index is 13.5. The third-order valence-electron chi connectivity index (χ3n) is 5.19. The van der Waals surface area contributed by atoms with Crippen molar-refractivity contribution in [1.82, 2.24) is 4.98 Å². The molecular weight excluding hydrogens is 450 g/mol. The molecule has 0 spiro atoms. The van der Waals surface area contributed by atoms with Gasteiger partial charge in [0.1, 0.15) is 0 Å². The van der Waals surface area contributed by atoms with Gasteiger partial charge in [0, 0.05) is 34.0 Å². The van der Waals surface area contributed by atoms with Gasteiger partial charge in [-0.3, -0.25) is 9.59 Å². The van der Waals surface area contributed by atoms with E-state index in [2.05, 4.69) is 9.87 Å². The fourth-order valence-electron chi connectivity index (χ4n) is 3.69. The number of halogens is 1. The van der Waals surface area contributed by atoms with Crippen LogP contribution < -0.4 is 0 Å². The van der Waals surface area contributed by atoms with Crippen LogP contribution in [0.5, 0.6) is 0 Å². The molecule has 9 heteroatoms. The summed E-state index contributed by atoms with van der Waals surface area (Å²) < 4.78 is 5.23. The standard InChI is InChI=1S/C24H22ClNO7/c1-4-24(22(29)31-5-2,23(30)33-32-14(3)27)19-17-12-11-16(25)13-18(17)26-20(19)21(28)15-9-7-6-8-10-15/h6-13,26H,4-5H2,1-3H3. The maximum absolute atomic E-state index is 13.5. The van der Waals surface area contributed by atoms with Crippen LogP contribution in [0.1, 0.15) is 48.8 Å². The van der Waals surface area contributed by atoms with Crippen molar-refractivity contribution < 1.29 is 33.7 Å². The van der Waals surface area contributed by atoms with Crippen LogP contribution >= 0.6 is 11.6 Å². The van der Waals surface area contributed by atoms with Crippen molar-refractivity contribution in [1.29, 1.82) is 0 Å². The number of esters is 1. The van der Waals surface area contributed by atoms with Crippen LogP contribution in [0.25, 0.3) is 10.9 Å². The Morgan fingerprint density at radius 2 is 1.67 bits per heavy atom. The summed E-state index contributed by atoms with van der Waals surface area (Å²) in [5.74, 6) is -3.47. The van der Waals surface area contributed by atoms with Crippen LogP contribution in [-0.2, 0) is 34.3 Å². The molecule has 33 heavy (non-hydrogen) atoms. The smallest absolute Gasteiger partial charge is 0.377 e. The average Bonchev–Trinajstić information content (AvgIpc) is 3.17. The number of ether oxygens (including phenoxy) is 1. The Balaban J connectivity index is 2.35. The third-order valence-corrected chi connectivity index (χ3v) is 5.42. The highest BCUT2D eigenvalue weighted by Gasteiger charge is 2.54. The molecule has 1 aromatic heterocycles. The second-order valence-corrected chi connectivity index (χ2v) is 7.62. The molecule has 2 aromatic carbocycles. The second-order valence-electron chi connectivity index (χ2n) is 7.19. The third kappa shape index (κ3) is 4.47. The molecule has 0 saturated carbocycles. The van der Waals surface area contributed by atoms with Gasteiger partial charge in [0.25, 0.3) is 0 Å². The number of nitrogens with one attached hydrogen (secondary N) is 1. The lowest BCUT2D eigenvalue weighted by molar-refractivity contribution is -0.262. The van der Waals surface area contributed by atoms with Crippen LogP contribution in [0.3, 0.4) is 0 Å². The average molecular weight is 472 g/mol. The lowest BCUT2D eigenvalue weighted by Crippen LogP contribution is -2.46. The summed E-state index contributed by atoms with van der Waals surface area (Å²) >= 11 is 6.14. The van der Waals surface area contributed by atoms with Crippen molar-refractivity contribution in [3.8, 4) is 0 Å². The Bertz CT molecular complexity index is 1220. The first-order chi connectivity index (χ1) is 15.8. The molecule has 0 aliphatic rings. The van der Waals surface area contributed by atoms with Gasteiger partial charge in [-0.15, -0.1) is 0 Å². The Morgan fingerprint density at radius 3 is 2.27 bits per heavy atom. The van der Waals surface area contributed by atoms with Gasteiger partial charge < -0.3 is 9.72 Å². The molecule has 0 saturated heterocycles. The zero-order chi connectivity index (χ0) is 24.2. The number of ketones is 1. The largest absolute Gasteiger partial charge is 0.465 e. The molecule has 1 heterocycles. The quantitative estimate of drug-likeness (QED) is 0.180. The number of rotatable bonds is 7. The molecule has 1 N–H and O–H groups in total. The van der Waals surface area contributed by atoms with E-state index in [0.717, 1.165) is 6.92 Å². The van der Waals surface area contributed by atoms with Gasteiger partial charge in [-0.1, -0.05) is 54.9 Å². The fraction of sp³-hybridized carbons (Fsp3) is 0.250. The van der Waals surface area contributed by atoms with E-state index >= 15 is 0 Å². The minimum absolute atomic E-state index is 0.00635.